The van der Waals surface area contributed by atoms with E-state index in [2.05, 4.69) is 0 Å². The van der Waals surface area contributed by atoms with Crippen LogP contribution in [0.2, 0.25) is 0 Å². The van der Waals surface area contributed by atoms with Gasteiger partial charge in [0.25, 0.3) is 0 Å². The van der Waals surface area contributed by atoms with Crippen LogP contribution >= 0.6 is 0 Å². The molecule has 1 aliphatic heterocycles. The van der Waals surface area contributed by atoms with Gasteiger partial charge in [-0.1, -0.05) is 0 Å². The van der Waals surface area contributed by atoms with Crippen molar-refractivity contribution < 1.29 is 19.4 Å². The van der Waals surface area contributed by atoms with Crippen LogP contribution in [0.1, 0.15) is 33.6 Å². The van der Waals surface area contributed by atoms with E-state index in [-0.39, 0.29) is 17.9 Å². The Morgan fingerprint density at radius 3 is 2.56 bits per heavy atom. The number of piperidine rings is 1. The second kappa shape index (κ2) is 4.44. The number of likely N-dealkylation sites (tertiary alicyclic amines) is 1. The van der Waals surface area contributed by atoms with Crippen molar-refractivity contribution in [2.45, 2.75) is 39.2 Å². The van der Waals surface area contributed by atoms with E-state index in [9.17, 15) is 9.59 Å². The van der Waals surface area contributed by atoms with Gasteiger partial charge < -0.3 is 14.7 Å². The molecule has 1 amide bonds. The number of hydrogen-bond donors (Lipinski definition) is 1. The molecule has 1 N–H and O–H groups in total. The highest BCUT2D eigenvalue weighted by Gasteiger charge is 2.48. The molecule has 0 spiro atoms. The summed E-state index contributed by atoms with van der Waals surface area (Å²) in [6.45, 7) is 6.71. The van der Waals surface area contributed by atoms with Crippen LogP contribution in [0.5, 0.6) is 0 Å². The molecule has 1 saturated heterocycles. The maximum absolute atomic E-state index is 11.9. The van der Waals surface area contributed by atoms with E-state index in [4.69, 9.17) is 9.84 Å². The van der Waals surface area contributed by atoms with Gasteiger partial charge in [0.1, 0.15) is 5.60 Å². The summed E-state index contributed by atoms with van der Waals surface area (Å²) < 4.78 is 5.32. The van der Waals surface area contributed by atoms with Crippen molar-refractivity contribution in [1.82, 2.24) is 4.90 Å². The van der Waals surface area contributed by atoms with Gasteiger partial charge in [-0.15, -0.1) is 0 Å². The third-order valence-electron chi connectivity index (χ3n) is 3.85. The summed E-state index contributed by atoms with van der Waals surface area (Å²) >= 11 is 0. The minimum Gasteiger partial charge on any atom is -0.481 e. The number of nitrogens with zero attached hydrogens (tertiary/aromatic N) is 1. The highest BCUT2D eigenvalue weighted by atomic mass is 16.6. The van der Waals surface area contributed by atoms with Crippen molar-refractivity contribution in [3.63, 3.8) is 0 Å². The van der Waals surface area contributed by atoms with Crippen LogP contribution in [0.15, 0.2) is 0 Å². The zero-order chi connectivity index (χ0) is 13.5. The van der Waals surface area contributed by atoms with Crippen LogP contribution in [0.3, 0.4) is 0 Å². The fraction of sp³-hybridized carbons (Fsp3) is 0.846. The van der Waals surface area contributed by atoms with Gasteiger partial charge in [-0.25, -0.2) is 4.79 Å². The number of aliphatic carboxylic acids is 1. The number of carbonyl (C=O) groups excluding carboxylic acids is 1. The molecular formula is C13H21NO4. The molecule has 5 nitrogen and oxygen atoms in total. The van der Waals surface area contributed by atoms with E-state index < -0.39 is 11.6 Å². The molecule has 1 heterocycles. The van der Waals surface area contributed by atoms with Crippen molar-refractivity contribution in [3.05, 3.63) is 0 Å². The number of rotatable bonds is 1. The molecule has 0 aromatic heterocycles. The molecule has 18 heavy (non-hydrogen) atoms. The third kappa shape index (κ3) is 2.60. The molecule has 0 aromatic carbocycles. The van der Waals surface area contributed by atoms with E-state index >= 15 is 0 Å². The van der Waals surface area contributed by atoms with Gasteiger partial charge in [-0.2, -0.15) is 0 Å². The van der Waals surface area contributed by atoms with Crippen LogP contribution in [-0.4, -0.2) is 40.8 Å². The molecular weight excluding hydrogens is 234 g/mol. The molecule has 2 rings (SSSR count). The van der Waals surface area contributed by atoms with Crippen LogP contribution in [0.25, 0.3) is 0 Å². The average molecular weight is 255 g/mol. The molecule has 3 unspecified atom stereocenters. The smallest absolute Gasteiger partial charge is 0.410 e. The van der Waals surface area contributed by atoms with E-state index in [1.807, 2.05) is 20.8 Å². The van der Waals surface area contributed by atoms with E-state index in [0.717, 1.165) is 12.8 Å². The lowest BCUT2D eigenvalue weighted by molar-refractivity contribution is -0.154. The second-order valence-corrected chi connectivity index (χ2v) is 6.32. The summed E-state index contributed by atoms with van der Waals surface area (Å²) in [5.74, 6) is -0.420. The van der Waals surface area contributed by atoms with Crippen LogP contribution in [0.4, 0.5) is 4.79 Å². The summed E-state index contributed by atoms with van der Waals surface area (Å²) in [6, 6.07) is 0. The van der Waals surface area contributed by atoms with Gasteiger partial charge in [-0.05, 0) is 45.4 Å². The number of carboxylic acids is 1. The van der Waals surface area contributed by atoms with E-state index in [1.54, 1.807) is 4.90 Å². The Hall–Kier alpha value is -1.26. The number of amides is 1. The maximum atomic E-state index is 11.9. The average Bonchev–Trinajstić information content (AvgIpc) is 2.16. The molecule has 1 saturated carbocycles. The first kappa shape index (κ1) is 13.2. The highest BCUT2D eigenvalue weighted by molar-refractivity contribution is 5.72. The number of ether oxygens (including phenoxy) is 1. The lowest BCUT2D eigenvalue weighted by Crippen LogP contribution is -2.54. The topological polar surface area (TPSA) is 66.8 Å². The number of carbonyl (C=O) groups is 2. The van der Waals surface area contributed by atoms with Gasteiger partial charge in [0, 0.05) is 13.1 Å². The van der Waals surface area contributed by atoms with Crippen molar-refractivity contribution in [3.8, 4) is 0 Å². The minimum atomic E-state index is -0.734. The van der Waals surface area contributed by atoms with Gasteiger partial charge in [-0.3, -0.25) is 4.79 Å². The Labute approximate surface area is 107 Å². The van der Waals surface area contributed by atoms with Crippen molar-refractivity contribution in [1.29, 1.82) is 0 Å². The minimum absolute atomic E-state index is 0.115. The lowest BCUT2D eigenvalue weighted by atomic mass is 9.62. The summed E-state index contributed by atoms with van der Waals surface area (Å²) in [5.41, 5.74) is -0.500. The Bertz CT molecular complexity index is 360. The fourth-order valence-corrected chi connectivity index (χ4v) is 2.86. The summed E-state index contributed by atoms with van der Waals surface area (Å²) in [5, 5.41) is 9.05. The molecule has 1 aliphatic carbocycles. The van der Waals surface area contributed by atoms with Crippen LogP contribution < -0.4 is 0 Å². The first-order valence-electron chi connectivity index (χ1n) is 6.48. The quantitative estimate of drug-likeness (QED) is 0.777. The Kier molecular flexibility index (Phi) is 3.25. The molecule has 2 fully saturated rings. The van der Waals surface area contributed by atoms with Gasteiger partial charge in [0.2, 0.25) is 0 Å². The summed E-state index contributed by atoms with van der Waals surface area (Å²) in [4.78, 5) is 24.6. The Morgan fingerprint density at radius 1 is 1.33 bits per heavy atom. The van der Waals surface area contributed by atoms with Gasteiger partial charge in [0.15, 0.2) is 0 Å². The summed E-state index contributed by atoms with van der Waals surface area (Å²) in [6.07, 6.45) is 1.34. The Balaban J connectivity index is 1.93. The zero-order valence-corrected chi connectivity index (χ0v) is 11.2. The zero-order valence-electron chi connectivity index (χ0n) is 11.2. The van der Waals surface area contributed by atoms with Gasteiger partial charge >= 0.3 is 12.1 Å². The normalized spacial score (nSPS) is 31.3. The number of fused-ring (bicyclic) bond motifs is 1. The van der Waals surface area contributed by atoms with Gasteiger partial charge in [0.05, 0.1) is 5.92 Å². The highest BCUT2D eigenvalue weighted by Crippen LogP contribution is 2.45. The largest absolute Gasteiger partial charge is 0.481 e. The molecule has 2 aliphatic rings. The van der Waals surface area contributed by atoms with Crippen molar-refractivity contribution >= 4 is 12.1 Å². The second-order valence-electron chi connectivity index (χ2n) is 6.32. The predicted molar refractivity (Wildman–Crippen MR) is 65.1 cm³/mol. The third-order valence-corrected chi connectivity index (χ3v) is 3.85. The number of carboxylic acid groups (broad SMARTS) is 1. The molecule has 5 heteroatoms. The fourth-order valence-electron chi connectivity index (χ4n) is 2.86. The van der Waals surface area contributed by atoms with Crippen LogP contribution in [0, 0.1) is 17.8 Å². The predicted octanol–water partition coefficient (Wildman–Crippen LogP) is 1.96. The van der Waals surface area contributed by atoms with E-state index in [0.29, 0.717) is 19.0 Å². The monoisotopic (exact) mass is 255 g/mol. The number of hydrogen-bond acceptors (Lipinski definition) is 3. The molecule has 3 atom stereocenters. The Morgan fingerprint density at radius 2 is 2.00 bits per heavy atom. The first-order chi connectivity index (χ1) is 8.28. The first-order valence-corrected chi connectivity index (χ1v) is 6.48. The standard InChI is InChI=1S/C13H21NO4/c1-13(2,3)18-12(17)14-5-4-8-6-9(11(15)16)10(8)7-14/h8-10H,4-7H2,1-3H3,(H,15,16). The van der Waals surface area contributed by atoms with E-state index in [1.165, 1.54) is 0 Å². The maximum Gasteiger partial charge on any atom is 0.410 e. The SMILES string of the molecule is CC(C)(C)OC(=O)N1CCC2CC(C(=O)O)C2C1. The van der Waals surface area contributed by atoms with Crippen molar-refractivity contribution in [2.24, 2.45) is 17.8 Å². The molecule has 0 aromatic rings. The van der Waals surface area contributed by atoms with Crippen LogP contribution in [-0.2, 0) is 9.53 Å². The summed E-state index contributed by atoms with van der Waals surface area (Å²) in [7, 11) is 0. The molecule has 0 bridgehead atoms. The molecule has 102 valence electrons. The van der Waals surface area contributed by atoms with Crippen molar-refractivity contribution in [2.75, 3.05) is 13.1 Å². The lowest BCUT2D eigenvalue weighted by Gasteiger charge is -2.49. The molecule has 0 radical (unpaired) electrons.